The molecule has 0 unspecified atom stereocenters. The molecule has 0 aliphatic carbocycles. The molecule has 2 rings (SSSR count). The highest BCUT2D eigenvalue weighted by Gasteiger charge is 2.30. The number of pyridine rings is 1. The predicted molar refractivity (Wildman–Crippen MR) is 77.7 cm³/mol. The van der Waals surface area contributed by atoms with Gasteiger partial charge in [0.25, 0.3) is 0 Å². The van der Waals surface area contributed by atoms with Crippen molar-refractivity contribution in [3.05, 3.63) is 53.7 Å². The minimum Gasteiger partial charge on any atom is -0.318 e. The second kappa shape index (κ2) is 6.47. The number of amides is 2. The second-order valence-corrected chi connectivity index (χ2v) is 4.70. The normalized spacial score (nSPS) is 11.0. The lowest BCUT2D eigenvalue weighted by atomic mass is 10.2. The Kier molecular flexibility index (Phi) is 4.63. The van der Waals surface area contributed by atoms with E-state index in [0.717, 1.165) is 29.8 Å². The summed E-state index contributed by atoms with van der Waals surface area (Å²) in [6.45, 7) is 1.79. The van der Waals surface area contributed by atoms with Gasteiger partial charge < -0.3 is 10.6 Å². The maximum absolute atomic E-state index is 12.4. The van der Waals surface area contributed by atoms with Crippen LogP contribution in [0.3, 0.4) is 0 Å². The molecule has 1 heterocycles. The van der Waals surface area contributed by atoms with E-state index in [9.17, 15) is 22.8 Å². The van der Waals surface area contributed by atoms with Gasteiger partial charge in [-0.25, -0.2) is 4.98 Å². The zero-order valence-electron chi connectivity index (χ0n) is 11.9. The zero-order valence-corrected chi connectivity index (χ0v) is 11.9. The number of halogens is 3. The first kappa shape index (κ1) is 16.5. The van der Waals surface area contributed by atoms with Crippen molar-refractivity contribution in [1.82, 2.24) is 4.98 Å². The van der Waals surface area contributed by atoms with Crippen molar-refractivity contribution < 1.29 is 22.8 Å². The number of benzene rings is 1. The molecule has 0 aliphatic rings. The Hall–Kier alpha value is -2.90. The molecular formula is C15H12F3N3O2. The van der Waals surface area contributed by atoms with Gasteiger partial charge in [-0.15, -0.1) is 0 Å². The minimum absolute atomic E-state index is 0.0790. The number of anilines is 2. The fraction of sp³-hybridized carbons (Fsp3) is 0.133. The first-order valence-corrected chi connectivity index (χ1v) is 6.48. The Labute approximate surface area is 129 Å². The van der Waals surface area contributed by atoms with Crippen LogP contribution in [0, 0.1) is 6.92 Å². The molecule has 5 nitrogen and oxygen atoms in total. The van der Waals surface area contributed by atoms with E-state index >= 15 is 0 Å². The SMILES string of the molecule is Cc1ccnc(NC(=O)C(=O)Nc2ccc(C(F)(F)F)cc2)c1. The average molecular weight is 323 g/mol. The van der Waals surface area contributed by atoms with Crippen molar-refractivity contribution in [2.24, 2.45) is 0 Å². The number of carbonyl (C=O) groups is 2. The van der Waals surface area contributed by atoms with Crippen molar-refractivity contribution in [2.75, 3.05) is 10.6 Å². The monoisotopic (exact) mass is 323 g/mol. The van der Waals surface area contributed by atoms with Crippen LogP contribution in [0.25, 0.3) is 0 Å². The highest BCUT2D eigenvalue weighted by Crippen LogP contribution is 2.29. The summed E-state index contributed by atoms with van der Waals surface area (Å²) in [6, 6.07) is 7.06. The summed E-state index contributed by atoms with van der Waals surface area (Å²) in [5, 5.41) is 4.51. The van der Waals surface area contributed by atoms with Gasteiger partial charge >= 0.3 is 18.0 Å². The summed E-state index contributed by atoms with van der Waals surface area (Å²) in [6.07, 6.45) is -2.99. The maximum atomic E-state index is 12.4. The van der Waals surface area contributed by atoms with Gasteiger partial charge in [0.1, 0.15) is 5.82 Å². The first-order chi connectivity index (χ1) is 10.8. The number of hydrogen-bond acceptors (Lipinski definition) is 3. The number of aryl methyl sites for hydroxylation is 1. The minimum atomic E-state index is -4.46. The molecule has 0 atom stereocenters. The molecule has 0 radical (unpaired) electrons. The standard InChI is InChI=1S/C15H12F3N3O2/c1-9-6-7-19-12(8-9)21-14(23)13(22)20-11-4-2-10(3-5-11)15(16,17)18/h2-8H,1H3,(H,20,22)(H,19,21,23). The molecule has 0 spiro atoms. The van der Waals surface area contributed by atoms with Crippen LogP contribution < -0.4 is 10.6 Å². The van der Waals surface area contributed by atoms with Crippen molar-refractivity contribution in [3.8, 4) is 0 Å². The van der Waals surface area contributed by atoms with Gasteiger partial charge in [0.2, 0.25) is 0 Å². The molecule has 23 heavy (non-hydrogen) atoms. The maximum Gasteiger partial charge on any atom is 0.416 e. The highest BCUT2D eigenvalue weighted by molar-refractivity contribution is 6.43. The fourth-order valence-corrected chi connectivity index (χ4v) is 1.71. The molecule has 0 saturated carbocycles. The molecule has 0 bridgehead atoms. The van der Waals surface area contributed by atoms with Gasteiger partial charge in [-0.3, -0.25) is 9.59 Å². The van der Waals surface area contributed by atoms with Gasteiger partial charge in [0.05, 0.1) is 5.56 Å². The molecule has 0 saturated heterocycles. The summed E-state index contributed by atoms with van der Waals surface area (Å²) < 4.78 is 37.3. The number of carbonyl (C=O) groups excluding carboxylic acids is 2. The van der Waals surface area contributed by atoms with Gasteiger partial charge in [-0.05, 0) is 48.9 Å². The smallest absolute Gasteiger partial charge is 0.318 e. The van der Waals surface area contributed by atoms with Crippen LogP contribution in [-0.2, 0) is 15.8 Å². The topological polar surface area (TPSA) is 71.1 Å². The Bertz CT molecular complexity index is 727. The van der Waals surface area contributed by atoms with Crippen LogP contribution in [-0.4, -0.2) is 16.8 Å². The Morgan fingerprint density at radius 3 is 2.17 bits per heavy atom. The van der Waals surface area contributed by atoms with E-state index in [1.54, 1.807) is 19.1 Å². The van der Waals surface area contributed by atoms with Crippen LogP contribution in [0.1, 0.15) is 11.1 Å². The highest BCUT2D eigenvalue weighted by atomic mass is 19.4. The van der Waals surface area contributed by atoms with E-state index in [4.69, 9.17) is 0 Å². The number of rotatable bonds is 2. The Morgan fingerprint density at radius 2 is 1.61 bits per heavy atom. The number of hydrogen-bond donors (Lipinski definition) is 2. The van der Waals surface area contributed by atoms with Gasteiger partial charge in [0.15, 0.2) is 0 Å². The number of alkyl halides is 3. The van der Waals surface area contributed by atoms with Crippen molar-refractivity contribution >= 4 is 23.3 Å². The molecule has 1 aromatic carbocycles. The van der Waals surface area contributed by atoms with Crippen molar-refractivity contribution in [1.29, 1.82) is 0 Å². The lowest BCUT2D eigenvalue weighted by Crippen LogP contribution is -2.29. The van der Waals surface area contributed by atoms with E-state index in [1.807, 2.05) is 0 Å². The summed E-state index contributed by atoms with van der Waals surface area (Å²) >= 11 is 0. The van der Waals surface area contributed by atoms with Gasteiger partial charge in [-0.2, -0.15) is 13.2 Å². The van der Waals surface area contributed by atoms with Crippen molar-refractivity contribution in [2.45, 2.75) is 13.1 Å². The lowest BCUT2D eigenvalue weighted by molar-refractivity contribution is -0.137. The Balaban J connectivity index is 2.00. The molecule has 8 heteroatoms. The number of aromatic nitrogens is 1. The van der Waals surface area contributed by atoms with Crippen LogP contribution >= 0.6 is 0 Å². The third kappa shape index (κ3) is 4.53. The van der Waals surface area contributed by atoms with Crippen LogP contribution in [0.5, 0.6) is 0 Å². The largest absolute Gasteiger partial charge is 0.416 e. The summed E-state index contributed by atoms with van der Waals surface area (Å²) in [5.41, 5.74) is 0.0812. The number of nitrogens with one attached hydrogen (secondary N) is 2. The molecule has 2 amide bonds. The van der Waals surface area contributed by atoms with Crippen LogP contribution in [0.2, 0.25) is 0 Å². The van der Waals surface area contributed by atoms with Crippen LogP contribution in [0.15, 0.2) is 42.6 Å². The van der Waals surface area contributed by atoms with E-state index < -0.39 is 23.6 Å². The summed E-state index contributed by atoms with van der Waals surface area (Å²) in [5.74, 6) is -1.77. The second-order valence-electron chi connectivity index (χ2n) is 4.70. The molecule has 1 aromatic heterocycles. The molecular weight excluding hydrogens is 311 g/mol. The molecule has 120 valence electrons. The van der Waals surface area contributed by atoms with Crippen molar-refractivity contribution in [3.63, 3.8) is 0 Å². The summed E-state index contributed by atoms with van der Waals surface area (Å²) in [7, 11) is 0. The first-order valence-electron chi connectivity index (χ1n) is 6.48. The third-order valence-corrected chi connectivity index (χ3v) is 2.83. The fourth-order valence-electron chi connectivity index (χ4n) is 1.71. The predicted octanol–water partition coefficient (Wildman–Crippen LogP) is 2.99. The van der Waals surface area contributed by atoms with Gasteiger partial charge in [-0.1, -0.05) is 0 Å². The zero-order chi connectivity index (χ0) is 17.0. The number of nitrogens with zero attached hydrogens (tertiary/aromatic N) is 1. The molecule has 0 fully saturated rings. The van der Waals surface area contributed by atoms with Crippen LogP contribution in [0.4, 0.5) is 24.7 Å². The van der Waals surface area contributed by atoms with E-state index in [0.29, 0.717) is 0 Å². The average Bonchev–Trinajstić information content (AvgIpc) is 2.46. The lowest BCUT2D eigenvalue weighted by Gasteiger charge is -2.09. The molecule has 2 aromatic rings. The quantitative estimate of drug-likeness (QED) is 0.835. The van der Waals surface area contributed by atoms with E-state index in [1.165, 1.54) is 6.20 Å². The Morgan fingerprint density at radius 1 is 1.00 bits per heavy atom. The van der Waals surface area contributed by atoms with E-state index in [2.05, 4.69) is 15.6 Å². The molecule has 0 aliphatic heterocycles. The third-order valence-electron chi connectivity index (χ3n) is 2.83. The summed E-state index contributed by atoms with van der Waals surface area (Å²) in [4.78, 5) is 27.3. The van der Waals surface area contributed by atoms with Gasteiger partial charge in [0, 0.05) is 11.9 Å². The molecule has 2 N–H and O–H groups in total. The van der Waals surface area contributed by atoms with E-state index in [-0.39, 0.29) is 11.5 Å².